The number of carbonyl (C=O) groups excluding carboxylic acids is 2. The Bertz CT molecular complexity index is 595. The van der Waals surface area contributed by atoms with Crippen LogP contribution < -0.4 is 0 Å². The van der Waals surface area contributed by atoms with Crippen molar-refractivity contribution in [2.24, 2.45) is 0 Å². The van der Waals surface area contributed by atoms with Crippen LogP contribution in [0, 0.1) is 0 Å². The van der Waals surface area contributed by atoms with Crippen molar-refractivity contribution in [1.29, 1.82) is 0 Å². The van der Waals surface area contributed by atoms with Crippen LogP contribution >= 0.6 is 0 Å². The van der Waals surface area contributed by atoms with E-state index in [1.54, 1.807) is 24.3 Å². The predicted octanol–water partition coefficient (Wildman–Crippen LogP) is 4.32. The van der Waals surface area contributed by atoms with Crippen molar-refractivity contribution >= 4 is 23.9 Å². The Balaban J connectivity index is 0.000000710. The first-order valence-corrected chi connectivity index (χ1v) is 10.2. The molecule has 2 N–H and O–H groups in total. The molecule has 0 aliphatic carbocycles. The van der Waals surface area contributed by atoms with Gasteiger partial charge in [0.2, 0.25) is 0 Å². The average molecular weight is 424 g/mol. The summed E-state index contributed by atoms with van der Waals surface area (Å²) in [6.45, 7) is 4.92. The number of esters is 2. The van der Waals surface area contributed by atoms with Gasteiger partial charge in [0, 0.05) is 12.8 Å². The van der Waals surface area contributed by atoms with E-state index in [2.05, 4.69) is 0 Å². The molecule has 0 heterocycles. The van der Waals surface area contributed by atoms with E-state index in [4.69, 9.17) is 19.7 Å². The van der Waals surface area contributed by atoms with Crippen LogP contribution in [0.3, 0.4) is 0 Å². The SMILES string of the molecule is CCCCOC(=O)c1ccc(C(=O)OCCCC)cc1.O=C(O)CCCCC(=O)O. The zero-order valence-electron chi connectivity index (χ0n) is 17.7. The first-order valence-electron chi connectivity index (χ1n) is 10.2. The van der Waals surface area contributed by atoms with E-state index in [1.165, 1.54) is 0 Å². The van der Waals surface area contributed by atoms with E-state index in [0.717, 1.165) is 25.7 Å². The number of carbonyl (C=O) groups is 4. The lowest BCUT2D eigenvalue weighted by molar-refractivity contribution is -0.139. The lowest BCUT2D eigenvalue weighted by atomic mass is 10.1. The van der Waals surface area contributed by atoms with E-state index in [1.807, 2.05) is 13.8 Å². The molecule has 8 heteroatoms. The summed E-state index contributed by atoms with van der Waals surface area (Å²) >= 11 is 0. The van der Waals surface area contributed by atoms with Crippen molar-refractivity contribution in [3.05, 3.63) is 35.4 Å². The van der Waals surface area contributed by atoms with Crippen LogP contribution in [0.5, 0.6) is 0 Å². The smallest absolute Gasteiger partial charge is 0.338 e. The summed E-state index contributed by atoms with van der Waals surface area (Å²) in [6, 6.07) is 6.35. The van der Waals surface area contributed by atoms with E-state index in [-0.39, 0.29) is 24.8 Å². The number of rotatable bonds is 13. The minimum atomic E-state index is -0.870. The van der Waals surface area contributed by atoms with Crippen molar-refractivity contribution in [2.75, 3.05) is 13.2 Å². The maximum absolute atomic E-state index is 11.7. The topological polar surface area (TPSA) is 127 Å². The van der Waals surface area contributed by atoms with Gasteiger partial charge < -0.3 is 19.7 Å². The summed E-state index contributed by atoms with van der Waals surface area (Å²) in [5.74, 6) is -2.45. The van der Waals surface area contributed by atoms with Gasteiger partial charge in [-0.3, -0.25) is 9.59 Å². The summed E-state index contributed by atoms with van der Waals surface area (Å²) in [7, 11) is 0. The Morgan fingerprint density at radius 3 is 1.27 bits per heavy atom. The van der Waals surface area contributed by atoms with Crippen molar-refractivity contribution in [3.8, 4) is 0 Å². The maximum Gasteiger partial charge on any atom is 0.338 e. The second-order valence-corrected chi connectivity index (χ2v) is 6.55. The van der Waals surface area contributed by atoms with E-state index in [9.17, 15) is 19.2 Å². The number of hydrogen-bond donors (Lipinski definition) is 2. The van der Waals surface area contributed by atoms with Crippen LogP contribution in [0.1, 0.15) is 85.9 Å². The van der Waals surface area contributed by atoms with Gasteiger partial charge >= 0.3 is 23.9 Å². The van der Waals surface area contributed by atoms with Gasteiger partial charge in [-0.05, 0) is 49.9 Å². The van der Waals surface area contributed by atoms with Crippen LogP contribution in [-0.2, 0) is 19.1 Å². The molecule has 1 rings (SSSR count). The van der Waals surface area contributed by atoms with Gasteiger partial charge in [-0.25, -0.2) is 9.59 Å². The highest BCUT2D eigenvalue weighted by molar-refractivity contribution is 5.93. The Hall–Kier alpha value is -2.90. The number of unbranched alkanes of at least 4 members (excludes halogenated alkanes) is 3. The minimum absolute atomic E-state index is 0.0628. The van der Waals surface area contributed by atoms with Crippen molar-refractivity contribution in [3.63, 3.8) is 0 Å². The van der Waals surface area contributed by atoms with Gasteiger partial charge in [0.1, 0.15) is 0 Å². The Morgan fingerprint density at radius 1 is 0.667 bits per heavy atom. The minimum Gasteiger partial charge on any atom is -0.481 e. The number of carboxylic acids is 2. The van der Waals surface area contributed by atoms with Gasteiger partial charge in [-0.15, -0.1) is 0 Å². The molecule has 0 aromatic heterocycles. The molecule has 168 valence electrons. The lowest BCUT2D eigenvalue weighted by Crippen LogP contribution is -2.09. The Morgan fingerprint density at radius 2 is 1.00 bits per heavy atom. The number of aliphatic carboxylic acids is 2. The van der Waals surface area contributed by atoms with Crippen molar-refractivity contribution in [2.45, 2.75) is 65.2 Å². The quantitative estimate of drug-likeness (QED) is 0.354. The molecular weight excluding hydrogens is 392 g/mol. The van der Waals surface area contributed by atoms with Crippen LogP contribution in [0.2, 0.25) is 0 Å². The molecule has 8 nitrogen and oxygen atoms in total. The molecule has 30 heavy (non-hydrogen) atoms. The van der Waals surface area contributed by atoms with E-state index < -0.39 is 11.9 Å². The van der Waals surface area contributed by atoms with Crippen LogP contribution in [-0.4, -0.2) is 47.3 Å². The third kappa shape index (κ3) is 14.1. The zero-order chi connectivity index (χ0) is 22.8. The van der Waals surface area contributed by atoms with Gasteiger partial charge in [0.15, 0.2) is 0 Å². The van der Waals surface area contributed by atoms with Crippen LogP contribution in [0.15, 0.2) is 24.3 Å². The molecule has 0 atom stereocenters. The highest BCUT2D eigenvalue weighted by Gasteiger charge is 2.10. The zero-order valence-corrected chi connectivity index (χ0v) is 17.7. The molecule has 0 aliphatic heterocycles. The number of benzene rings is 1. The summed E-state index contributed by atoms with van der Waals surface area (Å²) in [6.07, 6.45) is 4.69. The molecule has 1 aromatic carbocycles. The molecule has 0 saturated carbocycles. The molecule has 0 saturated heterocycles. The predicted molar refractivity (Wildman–Crippen MR) is 111 cm³/mol. The maximum atomic E-state index is 11.7. The van der Waals surface area contributed by atoms with Gasteiger partial charge in [-0.1, -0.05) is 26.7 Å². The van der Waals surface area contributed by atoms with Gasteiger partial charge in [-0.2, -0.15) is 0 Å². The average Bonchev–Trinajstić information content (AvgIpc) is 2.72. The number of ether oxygens (including phenoxy) is 2. The molecule has 0 unspecified atom stereocenters. The largest absolute Gasteiger partial charge is 0.481 e. The lowest BCUT2D eigenvalue weighted by Gasteiger charge is -2.06. The highest BCUT2D eigenvalue weighted by atomic mass is 16.5. The van der Waals surface area contributed by atoms with E-state index >= 15 is 0 Å². The standard InChI is InChI=1S/C16H22O4.C6H10O4/c1-3-5-11-19-15(17)13-7-9-14(10-8-13)16(18)20-12-6-4-2;7-5(8)3-1-2-4-6(9)10/h7-10H,3-6,11-12H2,1-2H3;1-4H2,(H,7,8)(H,9,10). The molecule has 0 amide bonds. The third-order valence-corrected chi connectivity index (χ3v) is 3.85. The molecular formula is C22H32O8. The first kappa shape index (κ1) is 27.1. The second kappa shape index (κ2) is 17.0. The third-order valence-electron chi connectivity index (χ3n) is 3.85. The molecule has 1 aromatic rings. The second-order valence-electron chi connectivity index (χ2n) is 6.55. The molecule has 0 spiro atoms. The summed E-state index contributed by atoms with van der Waals surface area (Å²) in [5, 5.41) is 16.3. The fourth-order valence-electron chi connectivity index (χ4n) is 2.08. The Labute approximate surface area is 177 Å². The van der Waals surface area contributed by atoms with Gasteiger partial charge in [0.25, 0.3) is 0 Å². The van der Waals surface area contributed by atoms with E-state index in [0.29, 0.717) is 37.2 Å². The van der Waals surface area contributed by atoms with Gasteiger partial charge in [0.05, 0.1) is 24.3 Å². The molecule has 0 fully saturated rings. The fraction of sp³-hybridized carbons (Fsp3) is 0.545. The number of carboxylic acid groups (broad SMARTS) is 2. The first-order chi connectivity index (χ1) is 14.3. The normalized spacial score (nSPS) is 9.80. The molecule has 0 radical (unpaired) electrons. The highest BCUT2D eigenvalue weighted by Crippen LogP contribution is 2.08. The summed E-state index contributed by atoms with van der Waals surface area (Å²) in [5.41, 5.74) is 0.900. The van der Waals surface area contributed by atoms with Crippen molar-refractivity contribution in [1.82, 2.24) is 0 Å². The van der Waals surface area contributed by atoms with Crippen LogP contribution in [0.4, 0.5) is 0 Å². The fourth-order valence-corrected chi connectivity index (χ4v) is 2.08. The summed E-state index contributed by atoms with van der Waals surface area (Å²) in [4.78, 5) is 43.1. The molecule has 0 bridgehead atoms. The Kier molecular flexibility index (Phi) is 15.4. The number of hydrogen-bond acceptors (Lipinski definition) is 6. The molecule has 0 aliphatic rings. The van der Waals surface area contributed by atoms with Crippen LogP contribution in [0.25, 0.3) is 0 Å². The van der Waals surface area contributed by atoms with Crippen molar-refractivity contribution < 1.29 is 38.9 Å². The monoisotopic (exact) mass is 424 g/mol. The summed E-state index contributed by atoms with van der Waals surface area (Å²) < 4.78 is 10.2.